The van der Waals surface area contributed by atoms with Gasteiger partial charge in [0, 0.05) is 18.2 Å². The number of piperidine rings is 1. The number of carbonyl (C=O) groups is 1. The SMILES string of the molecule is O=C1N(CCO)c2cc(F)cc(F)c2C12CCNCC2. The van der Waals surface area contributed by atoms with Gasteiger partial charge in [-0.15, -0.1) is 0 Å². The monoisotopic (exact) mass is 282 g/mol. The Hall–Kier alpha value is -1.53. The maximum absolute atomic E-state index is 14.3. The largest absolute Gasteiger partial charge is 0.395 e. The average Bonchev–Trinajstić information content (AvgIpc) is 2.63. The molecule has 2 aliphatic rings. The van der Waals surface area contributed by atoms with Crippen LogP contribution >= 0.6 is 0 Å². The summed E-state index contributed by atoms with van der Waals surface area (Å²) in [5.41, 5.74) is -0.352. The Bertz CT molecular complexity index is 556. The van der Waals surface area contributed by atoms with E-state index in [0.717, 1.165) is 6.07 Å². The third-order valence-corrected chi connectivity index (χ3v) is 4.24. The Labute approximate surface area is 115 Å². The molecule has 1 fully saturated rings. The van der Waals surface area contributed by atoms with Crippen LogP contribution in [-0.4, -0.2) is 37.3 Å². The summed E-state index contributed by atoms with van der Waals surface area (Å²) < 4.78 is 27.7. The molecule has 1 saturated heterocycles. The number of aliphatic hydroxyl groups excluding tert-OH is 1. The van der Waals surface area contributed by atoms with Gasteiger partial charge in [0.2, 0.25) is 5.91 Å². The van der Waals surface area contributed by atoms with Crippen LogP contribution in [0, 0.1) is 11.6 Å². The molecule has 20 heavy (non-hydrogen) atoms. The smallest absolute Gasteiger partial charge is 0.238 e. The molecular weight excluding hydrogens is 266 g/mol. The predicted octanol–water partition coefficient (Wildman–Crippen LogP) is 0.925. The standard InChI is InChI=1S/C14H16F2N2O2/c15-9-7-10(16)12-11(8-9)18(5-6-19)13(20)14(12)1-3-17-4-2-14/h7-8,17,19H,1-6H2. The van der Waals surface area contributed by atoms with Gasteiger partial charge in [-0.05, 0) is 32.0 Å². The molecule has 0 bridgehead atoms. The Balaban J connectivity index is 2.18. The summed E-state index contributed by atoms with van der Waals surface area (Å²) in [5.74, 6) is -1.61. The maximum Gasteiger partial charge on any atom is 0.238 e. The van der Waals surface area contributed by atoms with Gasteiger partial charge in [0.05, 0.1) is 17.7 Å². The van der Waals surface area contributed by atoms with Gasteiger partial charge in [0.15, 0.2) is 0 Å². The molecule has 3 rings (SSSR count). The summed E-state index contributed by atoms with van der Waals surface area (Å²) in [6.07, 6.45) is 0.979. The van der Waals surface area contributed by atoms with Gasteiger partial charge in [-0.2, -0.15) is 0 Å². The molecule has 2 aliphatic heterocycles. The molecule has 1 aromatic rings. The van der Waals surface area contributed by atoms with E-state index in [-0.39, 0.29) is 24.7 Å². The molecule has 0 unspecified atom stereocenters. The van der Waals surface area contributed by atoms with Crippen LogP contribution in [0.25, 0.3) is 0 Å². The number of halogens is 2. The second kappa shape index (κ2) is 4.79. The number of benzene rings is 1. The number of aliphatic hydroxyl groups is 1. The zero-order valence-electron chi connectivity index (χ0n) is 11.0. The Morgan fingerprint density at radius 1 is 1.30 bits per heavy atom. The van der Waals surface area contributed by atoms with Crippen LogP contribution in [0.2, 0.25) is 0 Å². The van der Waals surface area contributed by atoms with Gasteiger partial charge in [-0.25, -0.2) is 8.78 Å². The fourth-order valence-electron chi connectivity index (χ4n) is 3.36. The number of rotatable bonds is 2. The minimum absolute atomic E-state index is 0.0594. The Kier molecular flexibility index (Phi) is 3.22. The molecule has 108 valence electrons. The van der Waals surface area contributed by atoms with Crippen molar-refractivity contribution in [2.45, 2.75) is 18.3 Å². The molecule has 1 spiro atoms. The third kappa shape index (κ3) is 1.75. The van der Waals surface area contributed by atoms with Crippen LogP contribution in [0.3, 0.4) is 0 Å². The highest BCUT2D eigenvalue weighted by atomic mass is 19.1. The zero-order chi connectivity index (χ0) is 14.3. The first-order valence-corrected chi connectivity index (χ1v) is 6.73. The van der Waals surface area contributed by atoms with Gasteiger partial charge < -0.3 is 15.3 Å². The number of fused-ring (bicyclic) bond motifs is 2. The Morgan fingerprint density at radius 3 is 2.65 bits per heavy atom. The summed E-state index contributed by atoms with van der Waals surface area (Å²) in [6.45, 7) is 1.06. The van der Waals surface area contributed by atoms with E-state index in [0.29, 0.717) is 31.5 Å². The van der Waals surface area contributed by atoms with Crippen molar-refractivity contribution in [2.75, 3.05) is 31.1 Å². The molecule has 0 saturated carbocycles. The van der Waals surface area contributed by atoms with E-state index >= 15 is 0 Å². The fourth-order valence-corrected chi connectivity index (χ4v) is 3.36. The van der Waals surface area contributed by atoms with Gasteiger partial charge >= 0.3 is 0 Å². The highest BCUT2D eigenvalue weighted by molar-refractivity contribution is 6.08. The predicted molar refractivity (Wildman–Crippen MR) is 69.6 cm³/mol. The summed E-state index contributed by atoms with van der Waals surface area (Å²) in [5, 5.41) is 12.2. The zero-order valence-corrected chi connectivity index (χ0v) is 11.0. The second-order valence-corrected chi connectivity index (χ2v) is 5.29. The number of carbonyl (C=O) groups excluding carboxylic acids is 1. The van der Waals surface area contributed by atoms with E-state index in [4.69, 9.17) is 5.11 Å². The summed E-state index contributed by atoms with van der Waals surface area (Å²) >= 11 is 0. The van der Waals surface area contributed by atoms with Gasteiger partial charge in [0.1, 0.15) is 11.6 Å². The molecule has 0 radical (unpaired) electrons. The van der Waals surface area contributed by atoms with Crippen LogP contribution in [-0.2, 0) is 10.2 Å². The average molecular weight is 282 g/mol. The van der Waals surface area contributed by atoms with E-state index in [9.17, 15) is 13.6 Å². The first-order chi connectivity index (χ1) is 9.60. The van der Waals surface area contributed by atoms with Gasteiger partial charge in [-0.1, -0.05) is 0 Å². The number of nitrogens with one attached hydrogen (secondary N) is 1. The van der Waals surface area contributed by atoms with E-state index in [1.54, 1.807) is 0 Å². The highest BCUT2D eigenvalue weighted by Gasteiger charge is 2.52. The molecule has 1 aromatic carbocycles. The Morgan fingerprint density at radius 2 is 2.00 bits per heavy atom. The number of nitrogens with zero attached hydrogens (tertiary/aromatic N) is 1. The molecule has 1 amide bonds. The van der Waals surface area contributed by atoms with Crippen LogP contribution in [0.5, 0.6) is 0 Å². The van der Waals surface area contributed by atoms with Crippen molar-refractivity contribution in [1.29, 1.82) is 0 Å². The topological polar surface area (TPSA) is 52.6 Å². The summed E-state index contributed by atoms with van der Waals surface area (Å²) in [6, 6.07) is 2.01. The van der Waals surface area contributed by atoms with Crippen molar-refractivity contribution in [3.8, 4) is 0 Å². The molecule has 6 heteroatoms. The lowest BCUT2D eigenvalue weighted by molar-refractivity contribution is -0.124. The van der Waals surface area contributed by atoms with Crippen molar-refractivity contribution in [1.82, 2.24) is 5.32 Å². The quantitative estimate of drug-likeness (QED) is 0.848. The van der Waals surface area contributed by atoms with Crippen molar-refractivity contribution in [3.63, 3.8) is 0 Å². The first kappa shape index (κ1) is 13.5. The second-order valence-electron chi connectivity index (χ2n) is 5.29. The molecule has 0 aromatic heterocycles. The number of β-amino-alcohol motifs (C(OH)–C–C–N with tert-alkyl or cyclic N) is 1. The lowest BCUT2D eigenvalue weighted by atomic mass is 9.74. The summed E-state index contributed by atoms with van der Waals surface area (Å²) in [4.78, 5) is 14.0. The number of hydrogen-bond donors (Lipinski definition) is 2. The van der Waals surface area contributed by atoms with Crippen molar-refractivity contribution in [3.05, 3.63) is 29.3 Å². The summed E-state index contributed by atoms with van der Waals surface area (Å²) in [7, 11) is 0. The van der Waals surface area contributed by atoms with Crippen molar-refractivity contribution in [2.24, 2.45) is 0 Å². The molecule has 4 nitrogen and oxygen atoms in total. The van der Waals surface area contributed by atoms with Gasteiger partial charge in [-0.3, -0.25) is 4.79 Å². The van der Waals surface area contributed by atoms with E-state index in [1.807, 2.05) is 0 Å². The van der Waals surface area contributed by atoms with Crippen LogP contribution in [0.15, 0.2) is 12.1 Å². The first-order valence-electron chi connectivity index (χ1n) is 6.73. The van der Waals surface area contributed by atoms with E-state index in [1.165, 1.54) is 11.0 Å². The minimum atomic E-state index is -0.909. The minimum Gasteiger partial charge on any atom is -0.395 e. The highest BCUT2D eigenvalue weighted by Crippen LogP contribution is 2.48. The molecule has 2 N–H and O–H groups in total. The third-order valence-electron chi connectivity index (χ3n) is 4.24. The van der Waals surface area contributed by atoms with Crippen LogP contribution in [0.4, 0.5) is 14.5 Å². The van der Waals surface area contributed by atoms with E-state index < -0.39 is 17.0 Å². The van der Waals surface area contributed by atoms with Gasteiger partial charge in [0.25, 0.3) is 0 Å². The fraction of sp³-hybridized carbons (Fsp3) is 0.500. The lowest BCUT2D eigenvalue weighted by Crippen LogP contribution is -2.48. The van der Waals surface area contributed by atoms with Crippen molar-refractivity contribution < 1.29 is 18.7 Å². The van der Waals surface area contributed by atoms with Crippen molar-refractivity contribution >= 4 is 11.6 Å². The lowest BCUT2D eigenvalue weighted by Gasteiger charge is -2.33. The number of anilines is 1. The number of hydrogen-bond acceptors (Lipinski definition) is 3. The van der Waals surface area contributed by atoms with E-state index in [2.05, 4.69) is 5.32 Å². The van der Waals surface area contributed by atoms with Crippen LogP contribution < -0.4 is 10.2 Å². The number of amides is 1. The molecule has 0 atom stereocenters. The molecular formula is C14H16F2N2O2. The maximum atomic E-state index is 14.3. The molecule has 0 aliphatic carbocycles. The molecule has 2 heterocycles. The normalized spacial score (nSPS) is 20.6. The van der Waals surface area contributed by atoms with Crippen LogP contribution in [0.1, 0.15) is 18.4 Å².